The molecular formula is C51H98NO7+. The molecule has 8 nitrogen and oxygen atoms in total. The lowest BCUT2D eigenvalue weighted by Gasteiger charge is -2.33. The number of likely N-dealkylation sites (N-methyl/N-ethyl adjacent to an activating group) is 1. The summed E-state index contributed by atoms with van der Waals surface area (Å²) in [6, 6.07) is 0. The van der Waals surface area contributed by atoms with E-state index >= 15 is 0 Å². The second kappa shape index (κ2) is 38.0. The summed E-state index contributed by atoms with van der Waals surface area (Å²) in [4.78, 5) is 39.8. The third-order valence-electron chi connectivity index (χ3n) is 12.0. The number of esters is 3. The zero-order valence-electron chi connectivity index (χ0n) is 40.0. The highest BCUT2D eigenvalue weighted by Crippen LogP contribution is 2.28. The van der Waals surface area contributed by atoms with Gasteiger partial charge >= 0.3 is 17.9 Å². The Kier molecular flexibility index (Phi) is 35.7. The van der Waals surface area contributed by atoms with Crippen molar-refractivity contribution in [3.05, 3.63) is 0 Å². The second-order valence-electron chi connectivity index (χ2n) is 19.1. The number of quaternary nitrogens is 1. The van der Waals surface area contributed by atoms with Gasteiger partial charge in [0.1, 0.15) is 12.6 Å². The van der Waals surface area contributed by atoms with Crippen LogP contribution in [0.25, 0.3) is 0 Å². The second-order valence-corrected chi connectivity index (χ2v) is 19.1. The van der Waals surface area contributed by atoms with Crippen LogP contribution in [0.4, 0.5) is 0 Å². The van der Waals surface area contributed by atoms with Crippen molar-refractivity contribution < 1.29 is 37.8 Å². The molecule has 1 fully saturated rings. The standard InChI is InChI=1S/C51H98NO7/c1-7-10-13-16-19-22-25-28-31-34-37-40-47(53)57-45(43-52(4,5)6)50-51(59-49(55)42-39-36-33-30-27-24-21-18-15-12-9-3)46(44-56-50)58-48(54)41-38-35-32-29-26-23-20-17-14-11-8-2/h45-46,50-51H,7-44H2,1-6H3/q+1/t45-,46+,50-,51-/m1/s1. The summed E-state index contributed by atoms with van der Waals surface area (Å²) in [7, 11) is 6.16. The Labute approximate surface area is 365 Å². The highest BCUT2D eigenvalue weighted by Gasteiger charge is 2.49. The summed E-state index contributed by atoms with van der Waals surface area (Å²) < 4.78 is 25.1. The Hall–Kier alpha value is -1.67. The van der Waals surface area contributed by atoms with Crippen LogP contribution >= 0.6 is 0 Å². The van der Waals surface area contributed by atoms with Crippen LogP contribution in [0.3, 0.4) is 0 Å². The summed E-state index contributed by atoms with van der Waals surface area (Å²) in [6.45, 7) is 7.37. The number of rotatable bonds is 42. The summed E-state index contributed by atoms with van der Waals surface area (Å²) in [5.41, 5.74) is 0. The van der Waals surface area contributed by atoms with Crippen LogP contribution in [-0.2, 0) is 33.3 Å². The molecule has 1 aliphatic rings. The number of hydrogen-bond acceptors (Lipinski definition) is 7. The van der Waals surface area contributed by atoms with Crippen LogP contribution in [0.15, 0.2) is 0 Å². The molecule has 348 valence electrons. The normalized spacial score (nSPS) is 17.3. The van der Waals surface area contributed by atoms with E-state index < -0.39 is 24.4 Å². The van der Waals surface area contributed by atoms with Crippen molar-refractivity contribution in [2.45, 2.75) is 276 Å². The first-order valence-electron chi connectivity index (χ1n) is 25.6. The van der Waals surface area contributed by atoms with E-state index in [1.54, 1.807) is 0 Å². The molecule has 0 aromatic carbocycles. The number of carbonyl (C=O) groups is 3. The molecule has 0 aliphatic carbocycles. The van der Waals surface area contributed by atoms with Crippen LogP contribution in [0.1, 0.15) is 252 Å². The minimum absolute atomic E-state index is 0.120. The van der Waals surface area contributed by atoms with E-state index in [1.165, 1.54) is 154 Å². The highest BCUT2D eigenvalue weighted by molar-refractivity contribution is 5.71. The molecule has 0 spiro atoms. The van der Waals surface area contributed by atoms with Gasteiger partial charge in [0.05, 0.1) is 27.7 Å². The number of unbranched alkanes of at least 4 members (excludes halogenated alkanes) is 30. The number of carbonyl (C=O) groups excluding carboxylic acids is 3. The van der Waals surface area contributed by atoms with E-state index in [9.17, 15) is 14.4 Å². The van der Waals surface area contributed by atoms with E-state index in [1.807, 2.05) is 0 Å². The molecule has 4 atom stereocenters. The summed E-state index contributed by atoms with van der Waals surface area (Å²) in [6.07, 6.45) is 38.2. The van der Waals surface area contributed by atoms with Crippen molar-refractivity contribution in [2.75, 3.05) is 34.3 Å². The Balaban J connectivity index is 2.71. The van der Waals surface area contributed by atoms with Crippen LogP contribution in [0.2, 0.25) is 0 Å². The molecule has 1 saturated heterocycles. The predicted octanol–water partition coefficient (Wildman–Crippen LogP) is 13.9. The number of hydrogen-bond donors (Lipinski definition) is 0. The van der Waals surface area contributed by atoms with Crippen molar-refractivity contribution in [3.63, 3.8) is 0 Å². The lowest BCUT2D eigenvalue weighted by Crippen LogP contribution is -2.52. The monoisotopic (exact) mass is 837 g/mol. The molecule has 0 aromatic heterocycles. The highest BCUT2D eigenvalue weighted by atomic mass is 16.6. The summed E-state index contributed by atoms with van der Waals surface area (Å²) >= 11 is 0. The van der Waals surface area contributed by atoms with Gasteiger partial charge in [0, 0.05) is 19.3 Å². The fourth-order valence-corrected chi connectivity index (χ4v) is 8.39. The average molecular weight is 837 g/mol. The molecule has 0 bridgehead atoms. The Morgan fingerprint density at radius 1 is 0.458 bits per heavy atom. The molecule has 0 N–H and O–H groups in total. The number of ether oxygens (including phenoxy) is 4. The predicted molar refractivity (Wildman–Crippen MR) is 246 cm³/mol. The Morgan fingerprint density at radius 2 is 0.763 bits per heavy atom. The Bertz CT molecular complexity index is 997. The van der Waals surface area contributed by atoms with Crippen molar-refractivity contribution in [2.24, 2.45) is 0 Å². The summed E-state index contributed by atoms with van der Waals surface area (Å²) in [5, 5.41) is 0. The third kappa shape index (κ3) is 32.7. The molecule has 0 radical (unpaired) electrons. The lowest BCUT2D eigenvalue weighted by atomic mass is 10.0. The topological polar surface area (TPSA) is 88.1 Å². The van der Waals surface area contributed by atoms with Crippen molar-refractivity contribution in [1.82, 2.24) is 0 Å². The lowest BCUT2D eigenvalue weighted by molar-refractivity contribution is -0.873. The molecule has 8 heteroatoms. The van der Waals surface area contributed by atoms with Gasteiger partial charge in [-0.3, -0.25) is 14.4 Å². The van der Waals surface area contributed by atoms with Crippen LogP contribution in [-0.4, -0.2) is 81.1 Å². The maximum Gasteiger partial charge on any atom is 0.306 e. The first kappa shape index (κ1) is 55.3. The molecule has 1 heterocycles. The largest absolute Gasteiger partial charge is 0.456 e. The van der Waals surface area contributed by atoms with E-state index in [0.717, 1.165) is 57.8 Å². The average Bonchev–Trinajstić information content (AvgIpc) is 3.58. The quantitative estimate of drug-likeness (QED) is 0.0262. The van der Waals surface area contributed by atoms with Crippen LogP contribution < -0.4 is 0 Å². The van der Waals surface area contributed by atoms with Crippen LogP contribution in [0.5, 0.6) is 0 Å². The van der Waals surface area contributed by atoms with Gasteiger partial charge in [0.15, 0.2) is 18.3 Å². The van der Waals surface area contributed by atoms with Crippen LogP contribution in [0, 0.1) is 0 Å². The first-order valence-corrected chi connectivity index (χ1v) is 25.6. The van der Waals surface area contributed by atoms with Gasteiger partial charge < -0.3 is 23.4 Å². The molecular weight excluding hydrogens is 739 g/mol. The van der Waals surface area contributed by atoms with Gasteiger partial charge in [-0.2, -0.15) is 0 Å². The maximum absolute atomic E-state index is 13.3. The molecule has 0 amide bonds. The van der Waals surface area contributed by atoms with E-state index in [4.69, 9.17) is 18.9 Å². The van der Waals surface area contributed by atoms with Crippen molar-refractivity contribution >= 4 is 17.9 Å². The zero-order chi connectivity index (χ0) is 43.2. The third-order valence-corrected chi connectivity index (χ3v) is 12.0. The minimum Gasteiger partial charge on any atom is -0.456 e. The molecule has 59 heavy (non-hydrogen) atoms. The number of nitrogens with zero attached hydrogens (tertiary/aromatic N) is 1. The summed E-state index contributed by atoms with van der Waals surface area (Å²) in [5.74, 6) is -0.826. The van der Waals surface area contributed by atoms with Gasteiger partial charge in [-0.1, -0.05) is 213 Å². The molecule has 0 unspecified atom stereocenters. The van der Waals surface area contributed by atoms with E-state index in [0.29, 0.717) is 30.3 Å². The van der Waals surface area contributed by atoms with Gasteiger partial charge in [-0.15, -0.1) is 0 Å². The molecule has 0 saturated carbocycles. The van der Waals surface area contributed by atoms with E-state index in [-0.39, 0.29) is 24.5 Å². The first-order chi connectivity index (χ1) is 28.6. The Morgan fingerprint density at radius 3 is 1.10 bits per heavy atom. The maximum atomic E-state index is 13.3. The molecule has 1 aliphatic heterocycles. The van der Waals surface area contributed by atoms with Gasteiger partial charge in [-0.05, 0) is 19.3 Å². The minimum atomic E-state index is -0.817. The smallest absolute Gasteiger partial charge is 0.306 e. The van der Waals surface area contributed by atoms with Crippen molar-refractivity contribution in [1.29, 1.82) is 0 Å². The fraction of sp³-hybridized carbons (Fsp3) is 0.941. The molecule has 0 aromatic rings. The zero-order valence-corrected chi connectivity index (χ0v) is 40.0. The molecule has 1 rings (SSSR count). The SMILES string of the molecule is CCCCCCCCCCCCCC(=O)O[C@H]1[C@@H]([C@@H](C[N+](C)(C)C)OC(=O)CCCCCCCCCCCCC)OC[C@@H]1OC(=O)CCCCCCCCCCCCC. The fourth-order valence-electron chi connectivity index (χ4n) is 8.39. The van der Waals surface area contributed by atoms with Gasteiger partial charge in [0.2, 0.25) is 0 Å². The van der Waals surface area contributed by atoms with Gasteiger partial charge in [0.25, 0.3) is 0 Å². The van der Waals surface area contributed by atoms with E-state index in [2.05, 4.69) is 41.9 Å². The van der Waals surface area contributed by atoms with Gasteiger partial charge in [-0.25, -0.2) is 0 Å². The van der Waals surface area contributed by atoms with Crippen molar-refractivity contribution in [3.8, 4) is 0 Å².